The van der Waals surface area contributed by atoms with Gasteiger partial charge in [-0.25, -0.2) is 4.79 Å². The van der Waals surface area contributed by atoms with Gasteiger partial charge in [-0.3, -0.25) is 0 Å². The van der Waals surface area contributed by atoms with E-state index in [9.17, 15) is 4.79 Å². The van der Waals surface area contributed by atoms with E-state index >= 15 is 0 Å². The number of carbonyl (C=O) groups excluding carboxylic acids is 1. The van der Waals surface area contributed by atoms with Crippen molar-refractivity contribution in [1.82, 2.24) is 5.32 Å². The Morgan fingerprint density at radius 3 is 2.04 bits per heavy atom. The fourth-order valence-corrected chi connectivity index (χ4v) is 3.14. The Morgan fingerprint density at radius 2 is 1.48 bits per heavy atom. The first-order chi connectivity index (χ1) is 11.3. The lowest BCUT2D eigenvalue weighted by Gasteiger charge is -2.10. The Balaban J connectivity index is 1.88. The van der Waals surface area contributed by atoms with Crippen LogP contribution >= 0.6 is 0 Å². The van der Waals surface area contributed by atoms with Crippen LogP contribution in [-0.4, -0.2) is 18.2 Å². The van der Waals surface area contributed by atoms with Crippen LogP contribution in [0.15, 0.2) is 12.2 Å². The summed E-state index contributed by atoms with van der Waals surface area (Å²) in [5, 5.41) is 2.84. The molecule has 1 rings (SSSR count). The molecular formula is C20H37NO2. The highest BCUT2D eigenvalue weighted by Gasteiger charge is 2.30. The number of nitrogens with one attached hydrogen (secondary N) is 1. The third kappa shape index (κ3) is 9.68. The van der Waals surface area contributed by atoms with Gasteiger partial charge in [-0.05, 0) is 25.3 Å². The van der Waals surface area contributed by atoms with Crippen LogP contribution in [0.3, 0.4) is 0 Å². The predicted molar refractivity (Wildman–Crippen MR) is 97.7 cm³/mol. The second kappa shape index (κ2) is 13.4. The maximum absolute atomic E-state index is 11.2. The van der Waals surface area contributed by atoms with Gasteiger partial charge in [-0.15, -0.1) is 0 Å². The molecule has 1 amide bonds. The zero-order valence-corrected chi connectivity index (χ0v) is 15.3. The van der Waals surface area contributed by atoms with Crippen molar-refractivity contribution in [1.29, 1.82) is 0 Å². The Labute approximate surface area is 143 Å². The highest BCUT2D eigenvalue weighted by Crippen LogP contribution is 2.15. The fraction of sp³-hybridized carbons (Fsp3) is 0.850. The Kier molecular flexibility index (Phi) is 11.7. The van der Waals surface area contributed by atoms with E-state index in [1.807, 2.05) is 0 Å². The molecule has 2 atom stereocenters. The predicted octanol–water partition coefficient (Wildman–Crippen LogP) is 6.13. The number of carbonyl (C=O) groups is 1. The number of hydrogen-bond acceptors (Lipinski definition) is 2. The van der Waals surface area contributed by atoms with Crippen molar-refractivity contribution in [2.45, 2.75) is 109 Å². The summed E-state index contributed by atoms with van der Waals surface area (Å²) in [7, 11) is 0. The average Bonchev–Trinajstić information content (AvgIpc) is 2.91. The molecule has 1 saturated heterocycles. The first kappa shape index (κ1) is 20.1. The molecule has 0 unspecified atom stereocenters. The van der Waals surface area contributed by atoms with Crippen molar-refractivity contribution in [3.63, 3.8) is 0 Å². The van der Waals surface area contributed by atoms with Gasteiger partial charge in [0.15, 0.2) is 0 Å². The Morgan fingerprint density at radius 1 is 0.913 bits per heavy atom. The molecule has 23 heavy (non-hydrogen) atoms. The minimum absolute atomic E-state index is 0.0693. The lowest BCUT2D eigenvalue weighted by Crippen LogP contribution is -2.29. The van der Waals surface area contributed by atoms with Gasteiger partial charge in [0.2, 0.25) is 0 Å². The van der Waals surface area contributed by atoms with Crippen molar-refractivity contribution in [3.8, 4) is 0 Å². The molecule has 1 aliphatic heterocycles. The lowest BCUT2D eigenvalue weighted by atomic mass is 10.0. The summed E-state index contributed by atoms with van der Waals surface area (Å²) in [5.41, 5.74) is 0. The van der Waals surface area contributed by atoms with Crippen LogP contribution in [0.5, 0.6) is 0 Å². The van der Waals surface area contributed by atoms with Crippen molar-refractivity contribution < 1.29 is 9.53 Å². The molecule has 1 N–H and O–H groups in total. The Hall–Kier alpha value is -0.990. The smallest absolute Gasteiger partial charge is 0.408 e. The fourth-order valence-electron chi connectivity index (χ4n) is 3.14. The molecule has 0 aromatic rings. The molecule has 134 valence electrons. The number of ether oxygens (including phenoxy) is 1. The van der Waals surface area contributed by atoms with Gasteiger partial charge in [0.25, 0.3) is 0 Å². The number of amides is 1. The van der Waals surface area contributed by atoms with Gasteiger partial charge in [0.1, 0.15) is 6.10 Å². The monoisotopic (exact) mass is 323 g/mol. The van der Waals surface area contributed by atoms with Gasteiger partial charge in [-0.2, -0.15) is 0 Å². The Bertz CT molecular complexity index is 328. The first-order valence-corrected chi connectivity index (χ1v) is 9.91. The van der Waals surface area contributed by atoms with Gasteiger partial charge in [-0.1, -0.05) is 84.1 Å². The molecule has 0 bridgehead atoms. The quantitative estimate of drug-likeness (QED) is 0.308. The number of allylic oxidation sites excluding steroid dienone is 1. The van der Waals surface area contributed by atoms with E-state index in [1.165, 1.54) is 70.6 Å². The highest BCUT2D eigenvalue weighted by molar-refractivity contribution is 5.70. The minimum Gasteiger partial charge on any atom is -0.440 e. The largest absolute Gasteiger partial charge is 0.440 e. The number of alkyl carbamates (subject to hydrolysis) is 1. The molecule has 1 fully saturated rings. The summed E-state index contributed by atoms with van der Waals surface area (Å²) >= 11 is 0. The molecule has 0 radical (unpaired) electrons. The van der Waals surface area contributed by atoms with E-state index in [2.05, 4.69) is 31.3 Å². The maximum Gasteiger partial charge on any atom is 0.408 e. The standard InChI is InChI=1S/C20H37NO2/c1-3-5-6-7-8-9-10-11-12-13-14-15-16-17-19-18(4-2)21-20(22)23-19/h16-19H,3-15H2,1-2H3,(H,21,22)/b17-16+/t18-,19+/m1/s1. The number of cyclic esters (lactones) is 1. The SMILES string of the molecule is CCCCCCCCCCCCC/C=C/[C@@H]1OC(=O)N[C@@H]1CC. The summed E-state index contributed by atoms with van der Waals surface area (Å²) in [5.74, 6) is 0. The second-order valence-electron chi connectivity index (χ2n) is 6.78. The summed E-state index contributed by atoms with van der Waals surface area (Å²) < 4.78 is 5.24. The van der Waals surface area contributed by atoms with Gasteiger partial charge >= 0.3 is 6.09 Å². The number of unbranched alkanes of at least 4 members (excludes halogenated alkanes) is 11. The number of hydrogen-bond donors (Lipinski definition) is 1. The van der Waals surface area contributed by atoms with Crippen LogP contribution in [0, 0.1) is 0 Å². The minimum atomic E-state index is -0.277. The highest BCUT2D eigenvalue weighted by atomic mass is 16.6. The first-order valence-electron chi connectivity index (χ1n) is 9.91. The molecule has 0 aromatic carbocycles. The molecular weight excluding hydrogens is 286 g/mol. The lowest BCUT2D eigenvalue weighted by molar-refractivity contribution is 0.153. The molecule has 0 aliphatic carbocycles. The van der Waals surface area contributed by atoms with E-state index < -0.39 is 0 Å². The van der Waals surface area contributed by atoms with E-state index in [1.54, 1.807) is 0 Å². The van der Waals surface area contributed by atoms with E-state index in [0.29, 0.717) is 0 Å². The molecule has 0 aromatic heterocycles. The van der Waals surface area contributed by atoms with Crippen molar-refractivity contribution >= 4 is 6.09 Å². The maximum atomic E-state index is 11.2. The second-order valence-corrected chi connectivity index (χ2v) is 6.78. The van der Waals surface area contributed by atoms with Crippen LogP contribution in [0.25, 0.3) is 0 Å². The van der Waals surface area contributed by atoms with Crippen molar-refractivity contribution in [2.75, 3.05) is 0 Å². The molecule has 1 aliphatic rings. The van der Waals surface area contributed by atoms with Crippen LogP contribution in [0.1, 0.15) is 97.3 Å². The average molecular weight is 324 g/mol. The van der Waals surface area contributed by atoms with Gasteiger partial charge in [0.05, 0.1) is 6.04 Å². The molecule has 0 saturated carbocycles. The molecule has 3 heteroatoms. The number of rotatable bonds is 14. The zero-order valence-electron chi connectivity index (χ0n) is 15.3. The summed E-state index contributed by atoms with van der Waals surface area (Å²) in [4.78, 5) is 11.2. The topological polar surface area (TPSA) is 38.3 Å². The van der Waals surface area contributed by atoms with Crippen LogP contribution in [-0.2, 0) is 4.74 Å². The molecule has 3 nitrogen and oxygen atoms in total. The molecule has 0 spiro atoms. The van der Waals surface area contributed by atoms with E-state index in [4.69, 9.17) is 4.74 Å². The zero-order chi connectivity index (χ0) is 16.8. The van der Waals surface area contributed by atoms with Crippen molar-refractivity contribution in [3.05, 3.63) is 12.2 Å². The normalized spacial score (nSPS) is 20.9. The van der Waals surface area contributed by atoms with Gasteiger partial charge < -0.3 is 10.1 Å². The van der Waals surface area contributed by atoms with E-state index in [0.717, 1.165) is 12.8 Å². The molecule has 1 heterocycles. The summed E-state index contributed by atoms with van der Waals surface area (Å²) in [6.45, 7) is 4.35. The van der Waals surface area contributed by atoms with E-state index in [-0.39, 0.29) is 18.2 Å². The van der Waals surface area contributed by atoms with Crippen molar-refractivity contribution in [2.24, 2.45) is 0 Å². The van der Waals surface area contributed by atoms with Gasteiger partial charge in [0, 0.05) is 0 Å². The summed E-state index contributed by atoms with van der Waals surface area (Å²) in [6, 6.07) is 0.149. The van der Waals surface area contributed by atoms with Crippen LogP contribution in [0.2, 0.25) is 0 Å². The van der Waals surface area contributed by atoms with Crippen LogP contribution in [0.4, 0.5) is 4.79 Å². The van der Waals surface area contributed by atoms with Crippen LogP contribution < -0.4 is 5.32 Å². The summed E-state index contributed by atoms with van der Waals surface area (Å²) in [6.07, 6.45) is 21.1. The third-order valence-corrected chi connectivity index (χ3v) is 4.68. The third-order valence-electron chi connectivity index (χ3n) is 4.68.